The van der Waals surface area contributed by atoms with Crippen LogP contribution in [0.1, 0.15) is 40.9 Å². The third-order valence-corrected chi connectivity index (χ3v) is 6.11. The van der Waals surface area contributed by atoms with E-state index in [0.717, 1.165) is 18.5 Å². The Morgan fingerprint density at radius 3 is 2.28 bits per heavy atom. The summed E-state index contributed by atoms with van der Waals surface area (Å²) in [4.78, 5) is 12.7. The maximum absolute atomic E-state index is 13.1. The molecule has 32 heavy (non-hydrogen) atoms. The molecule has 0 saturated carbocycles. The summed E-state index contributed by atoms with van der Waals surface area (Å²) in [5.41, 5.74) is 7.40. The van der Waals surface area contributed by atoms with Crippen molar-refractivity contribution in [2.24, 2.45) is 0 Å². The number of aryl methyl sites for hydroxylation is 1. The zero-order valence-electron chi connectivity index (χ0n) is 17.9. The molecule has 1 aliphatic carbocycles. The number of hydrogen-bond donors (Lipinski definition) is 1. The molecule has 0 unspecified atom stereocenters. The predicted octanol–water partition coefficient (Wildman–Crippen LogP) is 6.80. The number of fused-ring (bicyclic) bond motifs is 1. The number of anilines is 1. The lowest BCUT2D eigenvalue weighted by atomic mass is 10.1. The molecule has 3 aromatic carbocycles. The van der Waals surface area contributed by atoms with E-state index >= 15 is 0 Å². The Hall–Kier alpha value is -3.66. The molecule has 1 N–H and O–H groups in total. The maximum Gasteiger partial charge on any atom is 0.255 e. The van der Waals surface area contributed by atoms with Gasteiger partial charge in [0.2, 0.25) is 0 Å². The van der Waals surface area contributed by atoms with Crippen molar-refractivity contribution in [1.29, 1.82) is 0 Å². The standard InChI is InChI=1S/C28H25FN2O/c29-23-13-15-24(16-14-23)30-28(32)21-11-17-25(18-12-21)31-26-10-6-2-5-9-22(26)19-27(31)20-7-3-1-4-8-20/h1,3-4,7-8,11-19H,2,5-6,9-10H2,(H,30,32). The quantitative estimate of drug-likeness (QED) is 0.359. The average Bonchev–Trinajstić information content (AvgIpc) is 3.03. The lowest BCUT2D eigenvalue weighted by Crippen LogP contribution is -2.12. The highest BCUT2D eigenvalue weighted by Gasteiger charge is 2.19. The molecule has 0 fully saturated rings. The van der Waals surface area contributed by atoms with Crippen molar-refractivity contribution in [2.75, 3.05) is 5.32 Å². The number of nitrogens with zero attached hydrogens (tertiary/aromatic N) is 1. The van der Waals surface area contributed by atoms with Crippen LogP contribution in [0.4, 0.5) is 10.1 Å². The van der Waals surface area contributed by atoms with Crippen molar-refractivity contribution < 1.29 is 9.18 Å². The Labute approximate surface area is 187 Å². The highest BCUT2D eigenvalue weighted by Crippen LogP contribution is 2.33. The molecule has 0 aliphatic heterocycles. The summed E-state index contributed by atoms with van der Waals surface area (Å²) in [6, 6.07) is 26.3. The van der Waals surface area contributed by atoms with Gasteiger partial charge < -0.3 is 9.88 Å². The summed E-state index contributed by atoms with van der Waals surface area (Å²) in [6.07, 6.45) is 5.87. The fraction of sp³-hybridized carbons (Fsp3) is 0.179. The van der Waals surface area contributed by atoms with E-state index < -0.39 is 0 Å². The first-order valence-electron chi connectivity index (χ1n) is 11.2. The van der Waals surface area contributed by atoms with E-state index in [1.807, 2.05) is 30.3 Å². The predicted molar refractivity (Wildman–Crippen MR) is 127 cm³/mol. The van der Waals surface area contributed by atoms with Crippen LogP contribution < -0.4 is 5.32 Å². The molecule has 5 rings (SSSR count). The van der Waals surface area contributed by atoms with Crippen LogP contribution in [0.2, 0.25) is 0 Å². The summed E-state index contributed by atoms with van der Waals surface area (Å²) in [6.45, 7) is 0. The van der Waals surface area contributed by atoms with Gasteiger partial charge in [0.25, 0.3) is 5.91 Å². The summed E-state index contributed by atoms with van der Waals surface area (Å²) in [5, 5.41) is 2.82. The molecule has 0 atom stereocenters. The molecule has 0 spiro atoms. The highest BCUT2D eigenvalue weighted by molar-refractivity contribution is 6.04. The molecule has 0 radical (unpaired) electrons. The summed E-state index contributed by atoms with van der Waals surface area (Å²) in [5.74, 6) is -0.537. The molecule has 3 nitrogen and oxygen atoms in total. The second-order valence-electron chi connectivity index (χ2n) is 8.27. The van der Waals surface area contributed by atoms with Gasteiger partial charge in [-0.25, -0.2) is 4.39 Å². The molecule has 1 amide bonds. The zero-order chi connectivity index (χ0) is 21.9. The minimum absolute atomic E-state index is 0.210. The second-order valence-corrected chi connectivity index (χ2v) is 8.27. The maximum atomic E-state index is 13.1. The normalized spacial score (nSPS) is 13.3. The smallest absolute Gasteiger partial charge is 0.255 e. The zero-order valence-corrected chi connectivity index (χ0v) is 17.9. The lowest BCUT2D eigenvalue weighted by Gasteiger charge is -2.15. The van der Waals surface area contributed by atoms with E-state index in [-0.39, 0.29) is 11.7 Å². The molecule has 1 aliphatic rings. The third-order valence-electron chi connectivity index (χ3n) is 6.11. The van der Waals surface area contributed by atoms with Gasteiger partial charge in [-0.05, 0) is 91.4 Å². The first-order chi connectivity index (χ1) is 15.7. The monoisotopic (exact) mass is 424 g/mol. The van der Waals surface area contributed by atoms with Gasteiger partial charge >= 0.3 is 0 Å². The van der Waals surface area contributed by atoms with Gasteiger partial charge in [0.05, 0.1) is 5.69 Å². The SMILES string of the molecule is O=C(Nc1ccc(F)cc1)c1ccc(-n2c(-c3ccccc3)cc3c2CCCCC3)cc1. The van der Waals surface area contributed by atoms with E-state index in [2.05, 4.69) is 40.2 Å². The summed E-state index contributed by atoms with van der Waals surface area (Å²) in [7, 11) is 0. The van der Waals surface area contributed by atoms with Crippen LogP contribution in [-0.2, 0) is 12.8 Å². The van der Waals surface area contributed by atoms with Crippen molar-refractivity contribution in [2.45, 2.75) is 32.1 Å². The minimum Gasteiger partial charge on any atom is -0.322 e. The average molecular weight is 425 g/mol. The van der Waals surface area contributed by atoms with Crippen molar-refractivity contribution in [3.05, 3.63) is 108 Å². The molecule has 4 heteroatoms. The number of amides is 1. The largest absolute Gasteiger partial charge is 0.322 e. The molecule has 0 bridgehead atoms. The minimum atomic E-state index is -0.326. The third kappa shape index (κ3) is 4.09. The van der Waals surface area contributed by atoms with Gasteiger partial charge in [0.1, 0.15) is 5.82 Å². The fourth-order valence-corrected chi connectivity index (χ4v) is 4.49. The van der Waals surface area contributed by atoms with Crippen molar-refractivity contribution in [3.63, 3.8) is 0 Å². The summed E-state index contributed by atoms with van der Waals surface area (Å²) < 4.78 is 15.5. The highest BCUT2D eigenvalue weighted by atomic mass is 19.1. The Bertz CT molecular complexity index is 1230. The Kier molecular flexibility index (Phi) is 5.59. The van der Waals surface area contributed by atoms with Gasteiger partial charge in [-0.1, -0.05) is 36.8 Å². The van der Waals surface area contributed by atoms with Crippen LogP contribution in [0.25, 0.3) is 16.9 Å². The van der Waals surface area contributed by atoms with Crippen LogP contribution >= 0.6 is 0 Å². The van der Waals surface area contributed by atoms with Crippen LogP contribution in [-0.4, -0.2) is 10.5 Å². The molecule has 160 valence electrons. The van der Waals surface area contributed by atoms with Crippen molar-refractivity contribution in [3.8, 4) is 16.9 Å². The van der Waals surface area contributed by atoms with Gasteiger partial charge in [0.15, 0.2) is 0 Å². The van der Waals surface area contributed by atoms with Crippen LogP contribution in [0.5, 0.6) is 0 Å². The van der Waals surface area contributed by atoms with E-state index in [1.54, 1.807) is 12.1 Å². The van der Waals surface area contributed by atoms with Crippen molar-refractivity contribution >= 4 is 11.6 Å². The fourth-order valence-electron chi connectivity index (χ4n) is 4.49. The number of rotatable bonds is 4. The van der Waals surface area contributed by atoms with E-state index in [9.17, 15) is 9.18 Å². The molecule has 1 heterocycles. The number of carbonyl (C=O) groups is 1. The van der Waals surface area contributed by atoms with E-state index in [4.69, 9.17) is 0 Å². The van der Waals surface area contributed by atoms with Gasteiger partial charge in [-0.15, -0.1) is 0 Å². The molecule has 4 aromatic rings. The number of hydrogen-bond acceptors (Lipinski definition) is 1. The Morgan fingerprint density at radius 2 is 1.53 bits per heavy atom. The number of aromatic nitrogens is 1. The van der Waals surface area contributed by atoms with E-state index in [0.29, 0.717) is 11.3 Å². The van der Waals surface area contributed by atoms with Crippen LogP contribution in [0.15, 0.2) is 84.9 Å². The molecule has 1 aromatic heterocycles. The van der Waals surface area contributed by atoms with Gasteiger partial charge in [-0.3, -0.25) is 4.79 Å². The van der Waals surface area contributed by atoms with Crippen LogP contribution in [0.3, 0.4) is 0 Å². The number of nitrogens with one attached hydrogen (secondary N) is 1. The number of carbonyl (C=O) groups excluding carboxylic acids is 1. The second kappa shape index (κ2) is 8.83. The molecular formula is C28H25FN2O. The molecular weight excluding hydrogens is 399 g/mol. The van der Waals surface area contributed by atoms with Gasteiger partial charge in [-0.2, -0.15) is 0 Å². The Balaban J connectivity index is 1.48. The van der Waals surface area contributed by atoms with Gasteiger partial charge in [0, 0.05) is 22.6 Å². The molecule has 0 saturated heterocycles. The summed E-state index contributed by atoms with van der Waals surface area (Å²) >= 11 is 0. The first kappa shape index (κ1) is 20.3. The van der Waals surface area contributed by atoms with Crippen molar-refractivity contribution in [1.82, 2.24) is 4.57 Å². The topological polar surface area (TPSA) is 34.0 Å². The number of halogens is 1. The number of benzene rings is 3. The van der Waals surface area contributed by atoms with E-state index in [1.165, 1.54) is 53.9 Å². The Morgan fingerprint density at radius 1 is 0.812 bits per heavy atom. The first-order valence-corrected chi connectivity index (χ1v) is 11.2. The van der Waals surface area contributed by atoms with Crippen LogP contribution in [0, 0.1) is 5.82 Å². The lowest BCUT2D eigenvalue weighted by molar-refractivity contribution is 0.102.